The monoisotopic (exact) mass is 456 g/mol. The van der Waals surface area contributed by atoms with Crippen molar-refractivity contribution in [1.82, 2.24) is 4.98 Å². The summed E-state index contributed by atoms with van der Waals surface area (Å²) in [6.45, 7) is 3.51. The number of anilines is 2. The van der Waals surface area contributed by atoms with Gasteiger partial charge in [-0.05, 0) is 54.6 Å². The van der Waals surface area contributed by atoms with Gasteiger partial charge in [-0.3, -0.25) is 4.79 Å². The van der Waals surface area contributed by atoms with E-state index in [-0.39, 0.29) is 34.6 Å². The summed E-state index contributed by atoms with van der Waals surface area (Å²) in [7, 11) is 0. The molecular formula is C17H14FIN2O4. The molecule has 8 heteroatoms. The Hall–Kier alpha value is -2.36. The molecule has 0 amide bonds. The van der Waals surface area contributed by atoms with Gasteiger partial charge in [0.1, 0.15) is 17.2 Å². The highest BCUT2D eigenvalue weighted by Crippen LogP contribution is 2.29. The van der Waals surface area contributed by atoms with Gasteiger partial charge in [0.15, 0.2) is 5.58 Å². The molecule has 0 aliphatic heterocycles. The number of esters is 1. The van der Waals surface area contributed by atoms with E-state index in [9.17, 15) is 14.0 Å². The highest BCUT2D eigenvalue weighted by molar-refractivity contribution is 14.1. The molecule has 2 aromatic heterocycles. The summed E-state index contributed by atoms with van der Waals surface area (Å²) in [5, 5.41) is 3.02. The van der Waals surface area contributed by atoms with Crippen LogP contribution in [0.25, 0.3) is 11.0 Å². The minimum absolute atomic E-state index is 0.0162. The maximum Gasteiger partial charge on any atom is 0.345 e. The standard InChI is InChI=1S/C17H14FIN2O4/c1-3-24-17(23)13-14-12(8(2)7-25-14)16(22)21-15(13)20-11-5-4-9(19)6-10(11)18/h4-7H,3H2,1-2H3,(H2,20,21,22). The molecular weight excluding hydrogens is 442 g/mol. The van der Waals surface area contributed by atoms with Gasteiger partial charge in [-0.25, -0.2) is 9.18 Å². The number of ether oxygens (including phenoxy) is 1. The maximum atomic E-state index is 14.1. The van der Waals surface area contributed by atoms with Gasteiger partial charge >= 0.3 is 5.97 Å². The molecule has 0 atom stereocenters. The quantitative estimate of drug-likeness (QED) is 0.457. The van der Waals surface area contributed by atoms with Crippen molar-refractivity contribution in [3.63, 3.8) is 0 Å². The second-order valence-electron chi connectivity index (χ2n) is 5.30. The van der Waals surface area contributed by atoms with Crippen molar-refractivity contribution in [2.24, 2.45) is 0 Å². The Bertz CT molecular complexity index is 1030. The summed E-state index contributed by atoms with van der Waals surface area (Å²) < 4.78 is 25.3. The van der Waals surface area contributed by atoms with Gasteiger partial charge in [0.2, 0.25) is 0 Å². The molecule has 0 saturated heterocycles. The van der Waals surface area contributed by atoms with Gasteiger partial charge in [0.25, 0.3) is 5.56 Å². The number of H-pyrrole nitrogens is 1. The lowest BCUT2D eigenvalue weighted by Crippen LogP contribution is -2.16. The minimum Gasteiger partial charge on any atom is -0.463 e. The number of rotatable bonds is 4. The third-order valence-electron chi connectivity index (χ3n) is 3.59. The number of pyridine rings is 1. The van der Waals surface area contributed by atoms with Crippen LogP contribution in [0.5, 0.6) is 0 Å². The first-order chi connectivity index (χ1) is 11.9. The van der Waals surface area contributed by atoms with E-state index in [0.717, 1.165) is 3.57 Å². The number of carbonyl (C=O) groups is 1. The number of fused-ring (bicyclic) bond motifs is 1. The second kappa shape index (κ2) is 6.87. The lowest BCUT2D eigenvalue weighted by molar-refractivity contribution is 0.0528. The zero-order valence-electron chi connectivity index (χ0n) is 13.4. The van der Waals surface area contributed by atoms with E-state index >= 15 is 0 Å². The topological polar surface area (TPSA) is 84.3 Å². The zero-order chi connectivity index (χ0) is 18.1. The molecule has 0 unspecified atom stereocenters. The maximum absolute atomic E-state index is 14.1. The molecule has 1 aromatic carbocycles. The molecule has 6 nitrogen and oxygen atoms in total. The SMILES string of the molecule is CCOC(=O)c1c(Nc2ccc(I)cc2F)[nH]c(=O)c2c(C)coc12. The second-order valence-corrected chi connectivity index (χ2v) is 6.54. The van der Waals surface area contributed by atoms with Crippen LogP contribution in [0.15, 0.2) is 33.7 Å². The van der Waals surface area contributed by atoms with Crippen LogP contribution < -0.4 is 10.9 Å². The number of aryl methyl sites for hydroxylation is 1. The van der Waals surface area contributed by atoms with Crippen LogP contribution in [-0.4, -0.2) is 17.6 Å². The van der Waals surface area contributed by atoms with Crippen molar-refractivity contribution in [1.29, 1.82) is 0 Å². The molecule has 2 N–H and O–H groups in total. The van der Waals surface area contributed by atoms with Crippen molar-refractivity contribution in [3.8, 4) is 0 Å². The van der Waals surface area contributed by atoms with E-state index in [2.05, 4.69) is 10.3 Å². The summed E-state index contributed by atoms with van der Waals surface area (Å²) >= 11 is 1.99. The highest BCUT2D eigenvalue weighted by Gasteiger charge is 2.24. The summed E-state index contributed by atoms with van der Waals surface area (Å²) in [5.74, 6) is -1.17. The van der Waals surface area contributed by atoms with Crippen molar-refractivity contribution in [2.75, 3.05) is 11.9 Å². The Labute approximate surface area is 155 Å². The summed E-state index contributed by atoms with van der Waals surface area (Å²) in [5.41, 5.74) is 0.386. The Morgan fingerprint density at radius 3 is 2.88 bits per heavy atom. The smallest absolute Gasteiger partial charge is 0.345 e. The number of hydrogen-bond acceptors (Lipinski definition) is 5. The van der Waals surface area contributed by atoms with Crippen LogP contribution in [0.3, 0.4) is 0 Å². The number of furan rings is 1. The molecule has 0 radical (unpaired) electrons. The molecule has 2 heterocycles. The van der Waals surface area contributed by atoms with Crippen LogP contribution in [0.2, 0.25) is 0 Å². The fourth-order valence-electron chi connectivity index (χ4n) is 2.48. The average Bonchev–Trinajstić information content (AvgIpc) is 2.92. The summed E-state index contributed by atoms with van der Waals surface area (Å²) in [6.07, 6.45) is 1.39. The molecule has 3 aromatic rings. The molecule has 0 aliphatic carbocycles. The Morgan fingerprint density at radius 2 is 2.20 bits per heavy atom. The van der Waals surface area contributed by atoms with Gasteiger partial charge < -0.3 is 19.5 Å². The van der Waals surface area contributed by atoms with E-state index in [1.165, 1.54) is 18.4 Å². The number of nitrogens with one attached hydrogen (secondary N) is 2. The lowest BCUT2D eigenvalue weighted by Gasteiger charge is -2.12. The van der Waals surface area contributed by atoms with E-state index in [0.29, 0.717) is 5.56 Å². The number of aromatic nitrogens is 1. The first kappa shape index (κ1) is 17.5. The van der Waals surface area contributed by atoms with Crippen molar-refractivity contribution in [2.45, 2.75) is 13.8 Å². The number of hydrogen-bond donors (Lipinski definition) is 2. The Morgan fingerprint density at radius 1 is 1.44 bits per heavy atom. The molecule has 0 fully saturated rings. The highest BCUT2D eigenvalue weighted by atomic mass is 127. The number of carbonyl (C=O) groups excluding carboxylic acids is 1. The van der Waals surface area contributed by atoms with E-state index in [1.807, 2.05) is 22.6 Å². The van der Waals surface area contributed by atoms with Crippen LogP contribution in [-0.2, 0) is 4.74 Å². The first-order valence-electron chi connectivity index (χ1n) is 7.45. The van der Waals surface area contributed by atoms with Gasteiger partial charge in [-0.1, -0.05) is 0 Å². The van der Waals surface area contributed by atoms with Crippen molar-refractivity contribution < 1.29 is 18.3 Å². The molecule has 0 bridgehead atoms. The van der Waals surface area contributed by atoms with Gasteiger partial charge in [-0.15, -0.1) is 0 Å². The van der Waals surface area contributed by atoms with Crippen LogP contribution in [0.1, 0.15) is 22.8 Å². The number of aromatic amines is 1. The van der Waals surface area contributed by atoms with Gasteiger partial charge in [0, 0.05) is 9.13 Å². The Balaban J connectivity index is 2.21. The van der Waals surface area contributed by atoms with Gasteiger partial charge in [-0.2, -0.15) is 0 Å². The molecule has 0 saturated carbocycles. The minimum atomic E-state index is -0.675. The summed E-state index contributed by atoms with van der Waals surface area (Å²) in [6, 6.07) is 4.55. The molecule has 130 valence electrons. The fourth-order valence-corrected chi connectivity index (χ4v) is 2.93. The number of benzene rings is 1. The van der Waals surface area contributed by atoms with Crippen LogP contribution >= 0.6 is 22.6 Å². The fraction of sp³-hybridized carbons (Fsp3) is 0.176. The third-order valence-corrected chi connectivity index (χ3v) is 4.26. The molecule has 0 aliphatic rings. The van der Waals surface area contributed by atoms with E-state index in [1.54, 1.807) is 19.9 Å². The normalized spacial score (nSPS) is 10.9. The predicted molar refractivity (Wildman–Crippen MR) is 99.9 cm³/mol. The lowest BCUT2D eigenvalue weighted by atomic mass is 10.1. The zero-order valence-corrected chi connectivity index (χ0v) is 15.6. The summed E-state index contributed by atoms with van der Waals surface area (Å²) in [4.78, 5) is 27.3. The third kappa shape index (κ3) is 3.26. The van der Waals surface area contributed by atoms with E-state index < -0.39 is 17.3 Å². The Kier molecular flexibility index (Phi) is 4.80. The average molecular weight is 456 g/mol. The molecule has 3 rings (SSSR count). The van der Waals surface area contributed by atoms with Crippen molar-refractivity contribution >= 4 is 51.0 Å². The largest absolute Gasteiger partial charge is 0.463 e. The van der Waals surface area contributed by atoms with Crippen molar-refractivity contribution in [3.05, 3.63) is 55.3 Å². The van der Waals surface area contributed by atoms with Gasteiger partial charge in [0.05, 0.1) is 23.9 Å². The first-order valence-corrected chi connectivity index (χ1v) is 8.53. The predicted octanol–water partition coefficient (Wildman–Crippen LogP) is 4.09. The molecule has 25 heavy (non-hydrogen) atoms. The molecule has 0 spiro atoms. The van der Waals surface area contributed by atoms with Crippen LogP contribution in [0.4, 0.5) is 15.9 Å². The van der Waals surface area contributed by atoms with Crippen LogP contribution in [0, 0.1) is 16.3 Å². The number of halogens is 2. The van der Waals surface area contributed by atoms with E-state index in [4.69, 9.17) is 9.15 Å².